The number of hydrogen-bond donors (Lipinski definition) is 1. The molecule has 0 aliphatic heterocycles. The normalized spacial score (nSPS) is 13.4. The first-order chi connectivity index (χ1) is 8.28. The molecule has 0 saturated heterocycles. The molecule has 1 atom stereocenters. The van der Waals surface area contributed by atoms with Crippen LogP contribution in [0.1, 0.15) is 45.2 Å². The third-order valence-electron chi connectivity index (χ3n) is 2.88. The van der Waals surface area contributed by atoms with Crippen LogP contribution in [0.4, 0.5) is 0 Å². The second kappa shape index (κ2) is 6.24. The molecular weight excluding hydrogens is 222 g/mol. The minimum atomic E-state index is 0.180. The van der Waals surface area contributed by atoms with Gasteiger partial charge in [0, 0.05) is 5.54 Å². The van der Waals surface area contributed by atoms with Gasteiger partial charge in [0.15, 0.2) is 0 Å². The molecule has 1 aromatic rings. The minimum absolute atomic E-state index is 0.180. The Labute approximate surface area is 112 Å². The summed E-state index contributed by atoms with van der Waals surface area (Å²) >= 11 is 0. The summed E-state index contributed by atoms with van der Waals surface area (Å²) in [5, 5.41) is 3.48. The van der Waals surface area contributed by atoms with E-state index in [0.717, 1.165) is 18.7 Å². The van der Waals surface area contributed by atoms with Gasteiger partial charge in [-0.05, 0) is 71.7 Å². The molecule has 0 heterocycles. The quantitative estimate of drug-likeness (QED) is 0.856. The summed E-state index contributed by atoms with van der Waals surface area (Å²) in [4.78, 5) is 0. The monoisotopic (exact) mass is 249 g/mol. The molecule has 2 nitrogen and oxygen atoms in total. The van der Waals surface area contributed by atoms with Crippen molar-refractivity contribution in [2.75, 3.05) is 6.54 Å². The van der Waals surface area contributed by atoms with Crippen LogP contribution >= 0.6 is 0 Å². The first-order valence-corrected chi connectivity index (χ1v) is 6.77. The standard InChI is InChI=1S/C16H27NO/c1-12-7-8-13(2)15(11-12)18-14(3)9-10-17-16(4,5)6/h7-8,11,14,17H,9-10H2,1-6H3. The summed E-state index contributed by atoms with van der Waals surface area (Å²) in [6, 6.07) is 6.35. The molecule has 18 heavy (non-hydrogen) atoms. The van der Waals surface area contributed by atoms with Crippen LogP contribution in [0.2, 0.25) is 0 Å². The number of rotatable bonds is 5. The van der Waals surface area contributed by atoms with Gasteiger partial charge in [-0.2, -0.15) is 0 Å². The van der Waals surface area contributed by atoms with Gasteiger partial charge in [0.05, 0.1) is 6.10 Å². The van der Waals surface area contributed by atoms with Gasteiger partial charge in [0.25, 0.3) is 0 Å². The van der Waals surface area contributed by atoms with E-state index in [9.17, 15) is 0 Å². The Kier molecular flexibility index (Phi) is 5.21. The topological polar surface area (TPSA) is 21.3 Å². The van der Waals surface area contributed by atoms with Crippen LogP contribution in [0.3, 0.4) is 0 Å². The molecule has 102 valence electrons. The summed E-state index contributed by atoms with van der Waals surface area (Å²) < 4.78 is 6.00. The highest BCUT2D eigenvalue weighted by Crippen LogP contribution is 2.21. The molecule has 0 fully saturated rings. The fraction of sp³-hybridized carbons (Fsp3) is 0.625. The second-order valence-corrected chi connectivity index (χ2v) is 6.16. The maximum absolute atomic E-state index is 6.00. The second-order valence-electron chi connectivity index (χ2n) is 6.16. The molecule has 0 radical (unpaired) electrons. The molecule has 2 heteroatoms. The van der Waals surface area contributed by atoms with Gasteiger partial charge in [0.1, 0.15) is 5.75 Å². The van der Waals surface area contributed by atoms with E-state index in [1.54, 1.807) is 0 Å². The predicted molar refractivity (Wildman–Crippen MR) is 78.4 cm³/mol. The lowest BCUT2D eigenvalue weighted by Crippen LogP contribution is -2.37. The third kappa shape index (κ3) is 5.54. The van der Waals surface area contributed by atoms with E-state index >= 15 is 0 Å². The Balaban J connectivity index is 2.44. The smallest absolute Gasteiger partial charge is 0.122 e. The van der Waals surface area contributed by atoms with Crippen molar-refractivity contribution in [1.29, 1.82) is 0 Å². The van der Waals surface area contributed by atoms with Gasteiger partial charge in [-0.25, -0.2) is 0 Å². The lowest BCUT2D eigenvalue weighted by molar-refractivity contribution is 0.204. The predicted octanol–water partition coefficient (Wildman–Crippen LogP) is 3.85. The molecule has 1 aromatic carbocycles. The number of ether oxygens (including phenoxy) is 1. The number of nitrogens with one attached hydrogen (secondary N) is 1. The molecule has 1 unspecified atom stereocenters. The average molecular weight is 249 g/mol. The highest BCUT2D eigenvalue weighted by molar-refractivity contribution is 5.36. The van der Waals surface area contributed by atoms with Gasteiger partial charge >= 0.3 is 0 Å². The van der Waals surface area contributed by atoms with Crippen molar-refractivity contribution in [3.05, 3.63) is 29.3 Å². The molecule has 1 N–H and O–H groups in total. The molecule has 0 aliphatic rings. The lowest BCUT2D eigenvalue weighted by Gasteiger charge is -2.22. The van der Waals surface area contributed by atoms with Crippen LogP contribution in [0.15, 0.2) is 18.2 Å². The zero-order valence-electron chi connectivity index (χ0n) is 12.6. The molecule has 0 aliphatic carbocycles. The number of hydrogen-bond acceptors (Lipinski definition) is 2. The van der Waals surface area contributed by atoms with Gasteiger partial charge in [0.2, 0.25) is 0 Å². The summed E-state index contributed by atoms with van der Waals surface area (Å²) in [6.07, 6.45) is 1.25. The fourth-order valence-corrected chi connectivity index (χ4v) is 1.76. The van der Waals surface area contributed by atoms with E-state index in [4.69, 9.17) is 4.74 Å². The molecule has 0 spiro atoms. The van der Waals surface area contributed by atoms with Crippen molar-refractivity contribution in [3.8, 4) is 5.75 Å². The zero-order valence-corrected chi connectivity index (χ0v) is 12.6. The minimum Gasteiger partial charge on any atom is -0.490 e. The van der Waals surface area contributed by atoms with Gasteiger partial charge in [-0.3, -0.25) is 0 Å². The lowest BCUT2D eigenvalue weighted by atomic mass is 10.1. The highest BCUT2D eigenvalue weighted by Gasteiger charge is 2.11. The van der Waals surface area contributed by atoms with Crippen LogP contribution < -0.4 is 10.1 Å². The van der Waals surface area contributed by atoms with E-state index in [2.05, 4.69) is 65.1 Å². The van der Waals surface area contributed by atoms with Crippen LogP contribution in [-0.4, -0.2) is 18.2 Å². The van der Waals surface area contributed by atoms with Crippen molar-refractivity contribution in [2.24, 2.45) is 0 Å². The average Bonchev–Trinajstić information content (AvgIpc) is 2.21. The Morgan fingerprint density at radius 1 is 1.22 bits per heavy atom. The summed E-state index contributed by atoms with van der Waals surface area (Å²) in [7, 11) is 0. The maximum Gasteiger partial charge on any atom is 0.122 e. The first-order valence-electron chi connectivity index (χ1n) is 6.77. The SMILES string of the molecule is Cc1ccc(C)c(OC(C)CCNC(C)(C)C)c1. The Bertz CT molecular complexity index is 379. The van der Waals surface area contributed by atoms with Crippen LogP contribution in [0.25, 0.3) is 0 Å². The van der Waals surface area contributed by atoms with E-state index in [1.807, 2.05) is 0 Å². The van der Waals surface area contributed by atoms with Crippen molar-refractivity contribution >= 4 is 0 Å². The molecule has 0 aromatic heterocycles. The highest BCUT2D eigenvalue weighted by atomic mass is 16.5. The summed E-state index contributed by atoms with van der Waals surface area (Å²) in [6.45, 7) is 13.9. The Morgan fingerprint density at radius 3 is 2.50 bits per heavy atom. The van der Waals surface area contributed by atoms with Crippen molar-refractivity contribution < 1.29 is 4.74 Å². The van der Waals surface area contributed by atoms with Crippen molar-refractivity contribution in [3.63, 3.8) is 0 Å². The van der Waals surface area contributed by atoms with Crippen LogP contribution in [0.5, 0.6) is 5.75 Å². The van der Waals surface area contributed by atoms with E-state index in [0.29, 0.717) is 0 Å². The van der Waals surface area contributed by atoms with Crippen molar-refractivity contribution in [1.82, 2.24) is 5.32 Å². The van der Waals surface area contributed by atoms with Crippen LogP contribution in [-0.2, 0) is 0 Å². The molecule has 0 amide bonds. The molecule has 0 saturated carbocycles. The fourth-order valence-electron chi connectivity index (χ4n) is 1.76. The van der Waals surface area contributed by atoms with E-state index < -0.39 is 0 Å². The Hall–Kier alpha value is -1.02. The molecule has 1 rings (SSSR count). The zero-order chi connectivity index (χ0) is 13.8. The van der Waals surface area contributed by atoms with Gasteiger partial charge in [-0.1, -0.05) is 12.1 Å². The van der Waals surface area contributed by atoms with Crippen molar-refractivity contribution in [2.45, 2.75) is 59.6 Å². The van der Waals surface area contributed by atoms with Gasteiger partial charge in [-0.15, -0.1) is 0 Å². The van der Waals surface area contributed by atoms with Crippen LogP contribution in [0, 0.1) is 13.8 Å². The van der Waals surface area contributed by atoms with Gasteiger partial charge < -0.3 is 10.1 Å². The van der Waals surface area contributed by atoms with E-state index in [-0.39, 0.29) is 11.6 Å². The number of benzene rings is 1. The third-order valence-corrected chi connectivity index (χ3v) is 2.88. The maximum atomic E-state index is 6.00. The molecule has 0 bridgehead atoms. The number of aryl methyl sites for hydroxylation is 2. The summed E-state index contributed by atoms with van der Waals surface area (Å²) in [5.74, 6) is 1.01. The first kappa shape index (κ1) is 15.0. The summed E-state index contributed by atoms with van der Waals surface area (Å²) in [5.41, 5.74) is 2.63. The Morgan fingerprint density at radius 2 is 1.89 bits per heavy atom. The van der Waals surface area contributed by atoms with E-state index in [1.165, 1.54) is 11.1 Å². The molecular formula is C16H27NO. The largest absolute Gasteiger partial charge is 0.490 e.